The van der Waals surface area contributed by atoms with E-state index in [0.29, 0.717) is 5.75 Å². The highest BCUT2D eigenvalue weighted by Gasteiger charge is 2.08. The molecule has 0 aromatic heterocycles. The molecule has 2 aromatic rings. The van der Waals surface area contributed by atoms with E-state index < -0.39 is 0 Å². The molecule has 92 valence electrons. The van der Waals surface area contributed by atoms with Gasteiger partial charge in [-0.3, -0.25) is 4.99 Å². The summed E-state index contributed by atoms with van der Waals surface area (Å²) in [5.41, 5.74) is 4.88. The highest BCUT2D eigenvalue weighted by molar-refractivity contribution is 5.76. The summed E-state index contributed by atoms with van der Waals surface area (Å²) in [5, 5.41) is 10.1. The van der Waals surface area contributed by atoms with Gasteiger partial charge < -0.3 is 5.11 Å². The molecule has 1 N–H and O–H groups in total. The van der Waals surface area contributed by atoms with Crippen molar-refractivity contribution < 1.29 is 5.11 Å². The van der Waals surface area contributed by atoms with Crippen LogP contribution in [0.3, 0.4) is 0 Å². The van der Waals surface area contributed by atoms with Crippen molar-refractivity contribution in [2.24, 2.45) is 4.99 Å². The van der Waals surface area contributed by atoms with Crippen LogP contribution in [-0.2, 0) is 0 Å². The van der Waals surface area contributed by atoms with E-state index in [0.717, 1.165) is 22.4 Å². The number of aliphatic imine (C=N–C) groups is 1. The first-order valence-corrected chi connectivity index (χ1v) is 6.01. The van der Waals surface area contributed by atoms with Gasteiger partial charge in [-0.2, -0.15) is 0 Å². The lowest BCUT2D eigenvalue weighted by atomic mass is 10.00. The van der Waals surface area contributed by atoms with Gasteiger partial charge in [0.1, 0.15) is 5.75 Å². The second-order valence-corrected chi connectivity index (χ2v) is 4.41. The summed E-state index contributed by atoms with van der Waals surface area (Å²) in [5.74, 6) is 0.299. The molecule has 2 aromatic carbocycles. The Morgan fingerprint density at radius 3 is 2.56 bits per heavy atom. The average Bonchev–Trinajstić information content (AvgIpc) is 2.33. The molecule has 0 saturated carbocycles. The van der Waals surface area contributed by atoms with Crippen molar-refractivity contribution in [2.75, 3.05) is 0 Å². The molecule has 0 amide bonds. The first-order chi connectivity index (χ1) is 8.61. The summed E-state index contributed by atoms with van der Waals surface area (Å²) < 4.78 is 0. The van der Waals surface area contributed by atoms with Crippen molar-refractivity contribution >= 4 is 11.9 Å². The molecule has 0 bridgehead atoms. The fraction of sp³-hybridized carbons (Fsp3) is 0.188. The normalized spacial score (nSPS) is 11.1. The molecule has 2 heteroatoms. The Morgan fingerprint density at radius 2 is 1.89 bits per heavy atom. The number of benzene rings is 2. The summed E-state index contributed by atoms with van der Waals surface area (Å²) in [6.45, 7) is 5.88. The van der Waals surface area contributed by atoms with E-state index in [2.05, 4.69) is 11.1 Å². The molecule has 2 rings (SSSR count). The van der Waals surface area contributed by atoms with Crippen molar-refractivity contribution in [1.82, 2.24) is 0 Å². The van der Waals surface area contributed by atoms with Crippen molar-refractivity contribution in [1.29, 1.82) is 0 Å². The number of hydrogen-bond donors (Lipinski definition) is 1. The molecule has 0 aliphatic heterocycles. The second kappa shape index (κ2) is 5.05. The first kappa shape index (κ1) is 12.4. The van der Waals surface area contributed by atoms with Gasteiger partial charge in [0.2, 0.25) is 0 Å². The maximum atomic E-state index is 10.1. The quantitative estimate of drug-likeness (QED) is 0.774. The lowest BCUT2D eigenvalue weighted by molar-refractivity contribution is 0.477. The van der Waals surface area contributed by atoms with E-state index >= 15 is 0 Å². The molecule has 0 spiro atoms. The number of phenolic OH excluding ortho intramolecular Hbond substituents is 1. The Hall–Kier alpha value is -2.09. The second-order valence-electron chi connectivity index (χ2n) is 4.41. The van der Waals surface area contributed by atoms with Crippen molar-refractivity contribution in [2.45, 2.75) is 20.8 Å². The van der Waals surface area contributed by atoms with Crippen LogP contribution in [0.2, 0.25) is 0 Å². The van der Waals surface area contributed by atoms with Crippen molar-refractivity contribution in [3.05, 3.63) is 47.5 Å². The average molecular weight is 239 g/mol. The molecular formula is C16H17NO. The minimum atomic E-state index is 0.299. The first-order valence-electron chi connectivity index (χ1n) is 6.01. The summed E-state index contributed by atoms with van der Waals surface area (Å²) in [6, 6.07) is 11.8. The number of phenols is 1. The van der Waals surface area contributed by atoms with Gasteiger partial charge in [0.05, 0.1) is 5.69 Å². The summed E-state index contributed by atoms with van der Waals surface area (Å²) in [7, 11) is 0. The van der Waals surface area contributed by atoms with E-state index in [4.69, 9.17) is 0 Å². The molecule has 18 heavy (non-hydrogen) atoms. The zero-order chi connectivity index (χ0) is 13.1. The van der Waals surface area contributed by atoms with E-state index in [9.17, 15) is 5.11 Å². The van der Waals surface area contributed by atoms with Crippen LogP contribution in [-0.4, -0.2) is 11.3 Å². The third-order valence-electron chi connectivity index (χ3n) is 2.91. The van der Waals surface area contributed by atoms with E-state index in [1.165, 1.54) is 5.56 Å². The van der Waals surface area contributed by atoms with E-state index in [-0.39, 0.29) is 0 Å². The Kier molecular flexibility index (Phi) is 3.47. The predicted molar refractivity (Wildman–Crippen MR) is 76.8 cm³/mol. The fourth-order valence-corrected chi connectivity index (χ4v) is 2.00. The molecule has 0 heterocycles. The van der Waals surface area contributed by atoms with Crippen molar-refractivity contribution in [3.63, 3.8) is 0 Å². The highest BCUT2D eigenvalue weighted by Crippen LogP contribution is 2.35. The zero-order valence-corrected chi connectivity index (χ0v) is 10.9. The lowest BCUT2D eigenvalue weighted by Gasteiger charge is -2.09. The van der Waals surface area contributed by atoms with Gasteiger partial charge >= 0.3 is 0 Å². The number of hydrogen-bond acceptors (Lipinski definition) is 2. The van der Waals surface area contributed by atoms with Crippen molar-refractivity contribution in [3.8, 4) is 16.9 Å². The van der Waals surface area contributed by atoms with Gasteiger partial charge in [-0.15, -0.1) is 0 Å². The SMILES string of the molecule is CC=Nc1cc(-c2cccc(C)c2)c(O)cc1C. The Bertz CT molecular complexity index is 600. The molecule has 0 aliphatic carbocycles. The van der Waals surface area contributed by atoms with Gasteiger partial charge in [-0.25, -0.2) is 0 Å². The standard InChI is InChI=1S/C16H17NO/c1-4-17-15-10-14(16(18)9-12(15)3)13-7-5-6-11(2)8-13/h4-10,18H,1-3H3. The van der Waals surface area contributed by atoms with Crippen LogP contribution in [0.25, 0.3) is 11.1 Å². The van der Waals surface area contributed by atoms with Crippen LogP contribution in [0.15, 0.2) is 41.4 Å². The fourth-order valence-electron chi connectivity index (χ4n) is 2.00. The molecular weight excluding hydrogens is 222 g/mol. The van der Waals surface area contributed by atoms with Gasteiger partial charge in [-0.1, -0.05) is 29.8 Å². The van der Waals surface area contributed by atoms with E-state index in [1.807, 2.05) is 45.0 Å². The third-order valence-corrected chi connectivity index (χ3v) is 2.91. The van der Waals surface area contributed by atoms with Crippen LogP contribution < -0.4 is 0 Å². The summed E-state index contributed by atoms with van der Waals surface area (Å²) in [4.78, 5) is 4.32. The monoisotopic (exact) mass is 239 g/mol. The molecule has 0 aliphatic rings. The minimum absolute atomic E-state index is 0.299. The number of nitrogens with zero attached hydrogens (tertiary/aromatic N) is 1. The van der Waals surface area contributed by atoms with Gasteiger partial charge in [0.15, 0.2) is 0 Å². The zero-order valence-electron chi connectivity index (χ0n) is 10.9. The number of rotatable bonds is 2. The highest BCUT2D eigenvalue weighted by atomic mass is 16.3. The van der Waals surface area contributed by atoms with Crippen LogP contribution in [0.4, 0.5) is 5.69 Å². The molecule has 0 unspecified atom stereocenters. The topological polar surface area (TPSA) is 32.6 Å². The summed E-state index contributed by atoms with van der Waals surface area (Å²) in [6.07, 6.45) is 1.76. The lowest BCUT2D eigenvalue weighted by Crippen LogP contribution is -1.83. The predicted octanol–water partition coefficient (Wildman–Crippen LogP) is 4.40. The van der Waals surface area contributed by atoms with Crippen LogP contribution in [0.5, 0.6) is 5.75 Å². The Morgan fingerprint density at radius 1 is 1.11 bits per heavy atom. The molecule has 0 atom stereocenters. The van der Waals surface area contributed by atoms with Gasteiger partial charge in [0, 0.05) is 11.8 Å². The number of aryl methyl sites for hydroxylation is 2. The van der Waals surface area contributed by atoms with Crippen LogP contribution >= 0.6 is 0 Å². The molecule has 0 saturated heterocycles. The third kappa shape index (κ3) is 2.43. The molecule has 2 nitrogen and oxygen atoms in total. The maximum absolute atomic E-state index is 10.1. The number of aromatic hydroxyl groups is 1. The van der Waals surface area contributed by atoms with Gasteiger partial charge in [0.25, 0.3) is 0 Å². The Labute approximate surface area is 108 Å². The molecule has 0 radical (unpaired) electrons. The molecule has 0 fully saturated rings. The minimum Gasteiger partial charge on any atom is -0.507 e. The van der Waals surface area contributed by atoms with Crippen LogP contribution in [0.1, 0.15) is 18.1 Å². The summed E-state index contributed by atoms with van der Waals surface area (Å²) >= 11 is 0. The Balaban J connectivity index is 2.60. The van der Waals surface area contributed by atoms with Gasteiger partial charge in [-0.05, 0) is 44.0 Å². The van der Waals surface area contributed by atoms with E-state index in [1.54, 1.807) is 12.3 Å². The largest absolute Gasteiger partial charge is 0.507 e. The maximum Gasteiger partial charge on any atom is 0.123 e. The smallest absolute Gasteiger partial charge is 0.123 e. The van der Waals surface area contributed by atoms with Crippen LogP contribution in [0, 0.1) is 13.8 Å².